The van der Waals surface area contributed by atoms with Gasteiger partial charge in [0.05, 0.1) is 17.8 Å². The molecule has 2 amide bonds. The van der Waals surface area contributed by atoms with Crippen LogP contribution in [0.2, 0.25) is 0 Å². The quantitative estimate of drug-likeness (QED) is 0.140. The number of ether oxygens (including phenoxy) is 4. The number of nitrogens with zero attached hydrogens (tertiary/aromatic N) is 2. The fraction of sp³-hybridized carbons (Fsp3) is 0.735. The predicted octanol–water partition coefficient (Wildman–Crippen LogP) is -1.73. The van der Waals surface area contributed by atoms with Crippen molar-refractivity contribution in [3.8, 4) is 0 Å². The molecular weight excluding hydrogens is 674 g/mol. The average Bonchev–Trinajstić information content (AvgIpc) is 3.13. The summed E-state index contributed by atoms with van der Waals surface area (Å²) in [4.78, 5) is 46.0. The Kier molecular flexibility index (Phi) is 15.5. The van der Waals surface area contributed by atoms with Gasteiger partial charge in [-0.05, 0) is 44.7 Å². The average molecular weight is 728 g/mol. The Balaban J connectivity index is 1.45. The van der Waals surface area contributed by atoms with Gasteiger partial charge in [-0.15, -0.1) is 0 Å². The Morgan fingerprint density at radius 2 is 1.67 bits per heavy atom. The SMILES string of the molecule is CC[C@H](C)C(=O)N1CCCNC(=O)CN(O[C@@H]2O[C@@H](C)[C@H](O)[C@@H](O)[C@H]2O[C@@H]2O[C@H](COC(=O)c3ccccc3)[C@@H](O)[C@H](O)[C@H]2O)CCC[C@@H](O)C1. The van der Waals surface area contributed by atoms with Crippen LogP contribution in [0.4, 0.5) is 0 Å². The van der Waals surface area contributed by atoms with Crippen LogP contribution in [0.1, 0.15) is 56.8 Å². The van der Waals surface area contributed by atoms with Gasteiger partial charge in [0, 0.05) is 32.1 Å². The van der Waals surface area contributed by atoms with Crippen LogP contribution >= 0.6 is 0 Å². The van der Waals surface area contributed by atoms with E-state index in [0.29, 0.717) is 25.8 Å². The van der Waals surface area contributed by atoms with Gasteiger partial charge in [0.1, 0.15) is 55.9 Å². The second-order valence-corrected chi connectivity index (χ2v) is 13.3. The number of hydrogen-bond acceptors (Lipinski definition) is 15. The maximum atomic E-state index is 12.9. The third-order valence-corrected chi connectivity index (χ3v) is 9.35. The summed E-state index contributed by atoms with van der Waals surface area (Å²) in [5, 5.41) is 68.6. The Bertz CT molecular complexity index is 1260. The molecule has 288 valence electrons. The van der Waals surface area contributed by atoms with E-state index < -0.39 is 86.0 Å². The number of benzene rings is 1. The Labute approximate surface area is 296 Å². The molecule has 3 saturated heterocycles. The highest BCUT2D eigenvalue weighted by Gasteiger charge is 2.51. The molecule has 0 unspecified atom stereocenters. The molecule has 0 bridgehead atoms. The van der Waals surface area contributed by atoms with E-state index in [1.54, 1.807) is 23.1 Å². The molecule has 1 aromatic carbocycles. The minimum absolute atomic E-state index is 0.0633. The zero-order chi connectivity index (χ0) is 37.2. The molecule has 0 saturated carbocycles. The lowest BCUT2D eigenvalue weighted by Gasteiger charge is -2.46. The number of amides is 2. The third kappa shape index (κ3) is 11.1. The minimum Gasteiger partial charge on any atom is -0.459 e. The van der Waals surface area contributed by atoms with Crippen LogP contribution in [0, 0.1) is 5.92 Å². The van der Waals surface area contributed by atoms with E-state index in [2.05, 4.69) is 5.32 Å². The second-order valence-electron chi connectivity index (χ2n) is 13.3. The number of hydrogen-bond donors (Lipinski definition) is 7. The fourth-order valence-corrected chi connectivity index (χ4v) is 6.03. The molecule has 3 aliphatic heterocycles. The molecule has 51 heavy (non-hydrogen) atoms. The number of carbonyl (C=O) groups is 3. The van der Waals surface area contributed by atoms with Crippen LogP contribution in [-0.2, 0) is 33.4 Å². The highest BCUT2D eigenvalue weighted by molar-refractivity contribution is 5.89. The maximum absolute atomic E-state index is 12.9. The van der Waals surface area contributed by atoms with Crippen LogP contribution in [0.15, 0.2) is 30.3 Å². The number of carbonyl (C=O) groups excluding carboxylic acids is 3. The Morgan fingerprint density at radius 3 is 2.37 bits per heavy atom. The lowest BCUT2D eigenvalue weighted by atomic mass is 9.97. The summed E-state index contributed by atoms with van der Waals surface area (Å²) < 4.78 is 22.7. The van der Waals surface area contributed by atoms with E-state index in [1.165, 1.54) is 24.1 Å². The van der Waals surface area contributed by atoms with Crippen molar-refractivity contribution in [1.29, 1.82) is 0 Å². The largest absolute Gasteiger partial charge is 0.459 e. The summed E-state index contributed by atoms with van der Waals surface area (Å²) in [6.45, 7) is 5.29. The van der Waals surface area contributed by atoms with Crippen LogP contribution in [0.3, 0.4) is 0 Å². The lowest BCUT2D eigenvalue weighted by Crippen LogP contribution is -2.64. The molecule has 0 aliphatic carbocycles. The van der Waals surface area contributed by atoms with Crippen molar-refractivity contribution in [2.45, 2.75) is 114 Å². The topological polar surface area (TPSA) is 237 Å². The van der Waals surface area contributed by atoms with Crippen molar-refractivity contribution in [1.82, 2.24) is 15.3 Å². The molecule has 17 heteroatoms. The summed E-state index contributed by atoms with van der Waals surface area (Å²) in [7, 11) is 0. The molecule has 3 fully saturated rings. The standard InChI is InChI=1S/C34H53N3O14/c1-4-19(2)31(45)36-14-9-13-35-24(39)17-37(15-8-12-22(38)16-36)51-34-30(28(43)25(40)20(3)48-34)50-33-29(44)27(42)26(41)23(49-33)18-47-32(46)21-10-6-5-7-11-21/h5-7,10-11,19-20,22-23,25-30,33-34,38,40-44H,4,8-9,12-18H2,1-3H3,(H,35,39)/t19-,20-,22+,23+,25-,26+,27-,28+,29+,30+,33-,34-/m0/s1. The van der Waals surface area contributed by atoms with Gasteiger partial charge in [0.2, 0.25) is 18.1 Å². The number of aliphatic hydroxyl groups is 6. The number of esters is 1. The first kappa shape index (κ1) is 41.0. The summed E-state index contributed by atoms with van der Waals surface area (Å²) in [5.41, 5.74) is 0.237. The highest BCUT2D eigenvalue weighted by Crippen LogP contribution is 2.30. The van der Waals surface area contributed by atoms with Gasteiger partial charge in [-0.3, -0.25) is 14.4 Å². The molecule has 4 rings (SSSR count). The van der Waals surface area contributed by atoms with E-state index in [4.69, 9.17) is 23.8 Å². The predicted molar refractivity (Wildman–Crippen MR) is 176 cm³/mol. The Morgan fingerprint density at radius 1 is 0.941 bits per heavy atom. The van der Waals surface area contributed by atoms with E-state index in [-0.39, 0.29) is 50.0 Å². The molecule has 0 spiro atoms. The van der Waals surface area contributed by atoms with Crippen molar-refractivity contribution < 1.29 is 68.8 Å². The summed E-state index contributed by atoms with van der Waals surface area (Å²) >= 11 is 0. The summed E-state index contributed by atoms with van der Waals surface area (Å²) in [6.07, 6.45) is -14.7. The molecule has 3 aliphatic rings. The van der Waals surface area contributed by atoms with E-state index in [9.17, 15) is 45.0 Å². The van der Waals surface area contributed by atoms with Crippen LogP contribution < -0.4 is 5.32 Å². The highest BCUT2D eigenvalue weighted by atomic mass is 16.8. The van der Waals surface area contributed by atoms with Crippen LogP contribution in [-0.4, -0.2) is 165 Å². The van der Waals surface area contributed by atoms with Crippen LogP contribution in [0.5, 0.6) is 0 Å². The van der Waals surface area contributed by atoms with Gasteiger partial charge in [-0.25, -0.2) is 4.79 Å². The smallest absolute Gasteiger partial charge is 0.338 e. The van der Waals surface area contributed by atoms with Crippen molar-refractivity contribution in [3.05, 3.63) is 35.9 Å². The number of aliphatic hydroxyl groups excluding tert-OH is 6. The van der Waals surface area contributed by atoms with Gasteiger partial charge in [0.25, 0.3) is 0 Å². The second kappa shape index (κ2) is 19.3. The first-order valence-electron chi connectivity index (χ1n) is 17.5. The number of nitrogens with one attached hydrogen (secondary N) is 1. The molecule has 0 aromatic heterocycles. The monoisotopic (exact) mass is 727 g/mol. The lowest BCUT2D eigenvalue weighted by molar-refractivity contribution is -0.393. The van der Waals surface area contributed by atoms with Crippen molar-refractivity contribution >= 4 is 17.8 Å². The van der Waals surface area contributed by atoms with Crippen LogP contribution in [0.25, 0.3) is 0 Å². The van der Waals surface area contributed by atoms with Gasteiger partial charge in [0.15, 0.2) is 6.29 Å². The summed E-state index contributed by atoms with van der Waals surface area (Å²) in [6, 6.07) is 8.04. The zero-order valence-corrected chi connectivity index (χ0v) is 29.2. The maximum Gasteiger partial charge on any atom is 0.338 e. The zero-order valence-electron chi connectivity index (χ0n) is 29.2. The number of hydroxylamine groups is 2. The molecular formula is C34H53N3O14. The van der Waals surface area contributed by atoms with Gasteiger partial charge < -0.3 is 59.8 Å². The molecule has 0 radical (unpaired) electrons. The fourth-order valence-electron chi connectivity index (χ4n) is 6.03. The molecule has 3 heterocycles. The first-order chi connectivity index (χ1) is 24.3. The van der Waals surface area contributed by atoms with E-state index in [0.717, 1.165) is 0 Å². The van der Waals surface area contributed by atoms with E-state index >= 15 is 0 Å². The number of β-amino-alcohol motifs (C(OH)–C–C–N with tert-alkyl or cyclic N) is 1. The number of rotatable bonds is 9. The summed E-state index contributed by atoms with van der Waals surface area (Å²) in [5.74, 6) is -1.40. The van der Waals surface area contributed by atoms with Gasteiger partial charge >= 0.3 is 5.97 Å². The first-order valence-corrected chi connectivity index (χ1v) is 17.5. The molecule has 17 nitrogen and oxygen atoms in total. The van der Waals surface area contributed by atoms with Crippen molar-refractivity contribution in [3.63, 3.8) is 0 Å². The minimum atomic E-state index is -1.85. The Hall–Kier alpha value is -2.81. The van der Waals surface area contributed by atoms with Gasteiger partial charge in [-0.2, -0.15) is 5.06 Å². The molecule has 7 N–H and O–H groups in total. The normalized spacial score (nSPS) is 35.4. The molecule has 1 aromatic rings. The van der Waals surface area contributed by atoms with Crippen molar-refractivity contribution in [2.75, 3.05) is 39.3 Å². The van der Waals surface area contributed by atoms with Crippen molar-refractivity contribution in [2.24, 2.45) is 5.92 Å². The molecule has 12 atom stereocenters. The van der Waals surface area contributed by atoms with E-state index in [1.807, 2.05) is 13.8 Å². The third-order valence-electron chi connectivity index (χ3n) is 9.35. The van der Waals surface area contributed by atoms with Gasteiger partial charge in [-0.1, -0.05) is 32.0 Å².